The third-order valence-electron chi connectivity index (χ3n) is 13.5. The Morgan fingerprint density at radius 1 is 0.340 bits per heavy atom. The average Bonchev–Trinajstić information content (AvgIpc) is 3.52. The van der Waals surface area contributed by atoms with Crippen LogP contribution >= 0.6 is 0 Å². The van der Waals surface area contributed by atoms with Crippen molar-refractivity contribution in [3.8, 4) is 44.5 Å². The monoisotopic (exact) mass is 681 g/mol. The van der Waals surface area contributed by atoms with Gasteiger partial charge in [-0.05, 0) is 148 Å². The second-order valence-electron chi connectivity index (χ2n) is 16.2. The molecule has 256 valence electrons. The van der Waals surface area contributed by atoms with Gasteiger partial charge in [0.15, 0.2) is 0 Å². The number of anilines is 3. The van der Waals surface area contributed by atoms with Crippen molar-refractivity contribution in [2.75, 3.05) is 4.90 Å². The average molecular weight is 682 g/mol. The molecule has 1 spiro atoms. The molecule has 53 heavy (non-hydrogen) atoms. The summed E-state index contributed by atoms with van der Waals surface area (Å²) >= 11 is 0. The van der Waals surface area contributed by atoms with Crippen molar-refractivity contribution in [2.24, 2.45) is 23.7 Å². The van der Waals surface area contributed by atoms with E-state index in [0.29, 0.717) is 0 Å². The maximum Gasteiger partial charge on any atom is 0.0462 e. The van der Waals surface area contributed by atoms with Crippen molar-refractivity contribution in [2.45, 2.75) is 37.5 Å². The number of hydrogen-bond donors (Lipinski definition) is 0. The minimum Gasteiger partial charge on any atom is -0.311 e. The van der Waals surface area contributed by atoms with Gasteiger partial charge in [-0.15, -0.1) is 0 Å². The van der Waals surface area contributed by atoms with Crippen molar-refractivity contribution in [3.05, 3.63) is 187 Å². The minimum atomic E-state index is 0.141. The first-order valence-corrected chi connectivity index (χ1v) is 19.7. The van der Waals surface area contributed by atoms with E-state index in [-0.39, 0.29) is 5.41 Å². The van der Waals surface area contributed by atoms with Gasteiger partial charge in [-0.2, -0.15) is 0 Å². The Labute approximate surface area is 313 Å². The van der Waals surface area contributed by atoms with Gasteiger partial charge in [0.2, 0.25) is 0 Å². The van der Waals surface area contributed by atoms with Crippen LogP contribution in [0.15, 0.2) is 176 Å². The molecule has 0 N–H and O–H groups in total. The molecule has 4 fully saturated rings. The number of nitrogens with zero attached hydrogens (tertiary/aromatic N) is 1. The van der Waals surface area contributed by atoms with E-state index in [2.05, 4.69) is 181 Å². The summed E-state index contributed by atoms with van der Waals surface area (Å²) in [5.41, 5.74) is 17.5. The van der Waals surface area contributed by atoms with Crippen molar-refractivity contribution >= 4 is 17.1 Å². The zero-order valence-electron chi connectivity index (χ0n) is 30.0. The number of hydrogen-bond acceptors (Lipinski definition) is 1. The summed E-state index contributed by atoms with van der Waals surface area (Å²) in [7, 11) is 0. The highest BCUT2D eigenvalue weighted by atomic mass is 15.1. The molecule has 0 radical (unpaired) electrons. The normalized spacial score (nSPS) is 23.2. The van der Waals surface area contributed by atoms with Crippen LogP contribution in [0, 0.1) is 23.7 Å². The fraction of sp³-hybridized carbons (Fsp3) is 0.192. The van der Waals surface area contributed by atoms with E-state index in [4.69, 9.17) is 0 Å². The molecule has 7 aromatic rings. The van der Waals surface area contributed by atoms with Gasteiger partial charge in [-0.1, -0.05) is 140 Å². The van der Waals surface area contributed by atoms with Gasteiger partial charge in [-0.3, -0.25) is 0 Å². The summed E-state index contributed by atoms with van der Waals surface area (Å²) in [5.74, 6) is 3.35. The maximum atomic E-state index is 2.49. The molecule has 0 saturated heterocycles. The molecule has 0 aliphatic heterocycles. The van der Waals surface area contributed by atoms with Crippen LogP contribution in [-0.2, 0) is 5.41 Å². The highest BCUT2D eigenvalue weighted by Gasteiger charge is 2.62. The van der Waals surface area contributed by atoms with E-state index in [9.17, 15) is 0 Å². The van der Waals surface area contributed by atoms with E-state index in [1.54, 1.807) is 11.1 Å². The van der Waals surface area contributed by atoms with E-state index >= 15 is 0 Å². The molecule has 0 aromatic heterocycles. The molecule has 0 unspecified atom stereocenters. The molecular formula is C52H43N. The van der Waals surface area contributed by atoms with Crippen LogP contribution < -0.4 is 4.90 Å². The highest BCUT2D eigenvalue weighted by Crippen LogP contribution is 2.70. The first-order valence-electron chi connectivity index (χ1n) is 19.7. The van der Waals surface area contributed by atoms with Crippen LogP contribution in [0.2, 0.25) is 0 Å². The highest BCUT2D eigenvalue weighted by molar-refractivity contribution is 5.90. The predicted octanol–water partition coefficient (Wildman–Crippen LogP) is 13.9. The Bertz CT molecular complexity index is 2310. The van der Waals surface area contributed by atoms with Crippen molar-refractivity contribution < 1.29 is 0 Å². The first-order chi connectivity index (χ1) is 26.2. The number of rotatable bonds is 6. The summed E-state index contributed by atoms with van der Waals surface area (Å²) < 4.78 is 0. The van der Waals surface area contributed by atoms with Crippen LogP contribution in [0.3, 0.4) is 0 Å². The second kappa shape index (κ2) is 12.2. The Balaban J connectivity index is 1.01. The zero-order valence-corrected chi connectivity index (χ0v) is 30.0. The fourth-order valence-electron chi connectivity index (χ4n) is 11.6. The lowest BCUT2D eigenvalue weighted by molar-refractivity contribution is -0.0397. The lowest BCUT2D eigenvalue weighted by Gasteiger charge is -2.61. The molecule has 4 saturated carbocycles. The Morgan fingerprint density at radius 2 is 0.755 bits per heavy atom. The Hall–Kier alpha value is -5.66. The first kappa shape index (κ1) is 30.9. The molecule has 5 aliphatic rings. The third kappa shape index (κ3) is 4.83. The minimum absolute atomic E-state index is 0.141. The van der Waals surface area contributed by atoms with E-state index in [1.807, 2.05) is 0 Å². The molecule has 0 heterocycles. The van der Waals surface area contributed by atoms with Crippen molar-refractivity contribution in [1.82, 2.24) is 0 Å². The van der Waals surface area contributed by atoms with Gasteiger partial charge in [0.05, 0.1) is 0 Å². The smallest absolute Gasteiger partial charge is 0.0462 e. The number of benzene rings is 7. The SMILES string of the molecule is c1ccc(-c2ccc(N(c3ccc(-c4ccccc4)cc3)c3ccc(-c4cccc5c4C4(c6ccccc6-5)C5CC6CC(C5)CC4C6)cc3)cc2)cc1. The molecule has 7 aromatic carbocycles. The topological polar surface area (TPSA) is 3.24 Å². The second-order valence-corrected chi connectivity index (χ2v) is 16.2. The summed E-state index contributed by atoms with van der Waals surface area (Å²) in [4.78, 5) is 2.40. The van der Waals surface area contributed by atoms with Gasteiger partial charge in [0.1, 0.15) is 0 Å². The summed E-state index contributed by atoms with van der Waals surface area (Å²) in [5, 5.41) is 0. The molecular weight excluding hydrogens is 639 g/mol. The van der Waals surface area contributed by atoms with Crippen LogP contribution in [0.25, 0.3) is 44.5 Å². The standard InChI is InChI=1S/C52H43N/c1-3-10-37(11-4-1)39-18-24-44(25-19-39)53(45-26-20-40(21-27-45)38-12-5-2-6-13-38)46-28-22-41(23-29-46)47-15-9-16-49-48-14-7-8-17-50(48)52(51(47)49)42-31-35-30-36(33-42)34-43(52)32-35/h1-29,35-36,42-43H,30-34H2. The van der Waals surface area contributed by atoms with E-state index in [0.717, 1.165) is 40.7 Å². The molecule has 0 atom stereocenters. The largest absolute Gasteiger partial charge is 0.311 e. The van der Waals surface area contributed by atoms with Gasteiger partial charge in [-0.25, -0.2) is 0 Å². The molecule has 4 bridgehead atoms. The van der Waals surface area contributed by atoms with E-state index in [1.165, 1.54) is 76.6 Å². The maximum absolute atomic E-state index is 2.49. The van der Waals surface area contributed by atoms with E-state index < -0.39 is 0 Å². The lowest BCUT2D eigenvalue weighted by atomic mass is 9.42. The van der Waals surface area contributed by atoms with Crippen LogP contribution in [0.1, 0.15) is 43.2 Å². The van der Waals surface area contributed by atoms with Crippen molar-refractivity contribution in [1.29, 1.82) is 0 Å². The van der Waals surface area contributed by atoms with Crippen LogP contribution in [0.4, 0.5) is 17.1 Å². The summed E-state index contributed by atoms with van der Waals surface area (Å²) in [6.07, 6.45) is 7.07. The zero-order chi connectivity index (χ0) is 34.9. The molecule has 1 heteroatoms. The third-order valence-corrected chi connectivity index (χ3v) is 13.5. The van der Waals surface area contributed by atoms with Gasteiger partial charge < -0.3 is 4.90 Å². The fourth-order valence-corrected chi connectivity index (χ4v) is 11.6. The van der Waals surface area contributed by atoms with Crippen molar-refractivity contribution in [3.63, 3.8) is 0 Å². The van der Waals surface area contributed by atoms with Crippen LogP contribution in [-0.4, -0.2) is 0 Å². The molecule has 0 amide bonds. The summed E-state index contributed by atoms with van der Waals surface area (Å²) in [6.45, 7) is 0. The lowest BCUT2D eigenvalue weighted by Crippen LogP contribution is -2.55. The Morgan fingerprint density at radius 3 is 1.28 bits per heavy atom. The van der Waals surface area contributed by atoms with Gasteiger partial charge in [0.25, 0.3) is 0 Å². The van der Waals surface area contributed by atoms with Gasteiger partial charge >= 0.3 is 0 Å². The molecule has 12 rings (SSSR count). The predicted molar refractivity (Wildman–Crippen MR) is 221 cm³/mol. The molecule has 5 aliphatic carbocycles. The Kier molecular flexibility index (Phi) is 7.12. The quantitative estimate of drug-likeness (QED) is 0.169. The molecule has 1 nitrogen and oxygen atoms in total. The number of fused-ring (bicyclic) bond motifs is 3. The summed E-state index contributed by atoms with van der Waals surface area (Å²) in [6, 6.07) is 65.4. The van der Waals surface area contributed by atoms with Crippen LogP contribution in [0.5, 0.6) is 0 Å². The van der Waals surface area contributed by atoms with Gasteiger partial charge in [0, 0.05) is 22.5 Å².